The molecule has 0 bridgehead atoms. The summed E-state index contributed by atoms with van der Waals surface area (Å²) in [7, 11) is 0. The van der Waals surface area contributed by atoms with E-state index in [1.165, 1.54) is 12.4 Å². The molecule has 0 atom stereocenters. The fourth-order valence-corrected chi connectivity index (χ4v) is 1.76. The van der Waals surface area contributed by atoms with Crippen molar-refractivity contribution in [2.24, 2.45) is 0 Å². The van der Waals surface area contributed by atoms with Gasteiger partial charge in [0.2, 0.25) is 5.91 Å². The van der Waals surface area contributed by atoms with E-state index in [4.69, 9.17) is 11.6 Å². The van der Waals surface area contributed by atoms with Gasteiger partial charge in [0.1, 0.15) is 0 Å². The van der Waals surface area contributed by atoms with Crippen LogP contribution in [0.4, 0.5) is 0 Å². The molecule has 2 amide bonds. The van der Waals surface area contributed by atoms with E-state index in [0.717, 1.165) is 0 Å². The second-order valence-electron chi connectivity index (χ2n) is 4.01. The van der Waals surface area contributed by atoms with Gasteiger partial charge in [-0.1, -0.05) is 29.8 Å². The Hall–Kier alpha value is -2.40. The Bertz CT molecular complexity index is 617. The highest BCUT2D eigenvalue weighted by molar-refractivity contribution is 6.31. The molecule has 0 aliphatic heterocycles. The third-order valence-corrected chi connectivity index (χ3v) is 2.94. The zero-order valence-corrected chi connectivity index (χ0v) is 11.2. The van der Waals surface area contributed by atoms with Crippen molar-refractivity contribution in [3.63, 3.8) is 0 Å². The van der Waals surface area contributed by atoms with E-state index in [9.17, 15) is 9.59 Å². The number of pyridine rings is 1. The minimum Gasteiger partial charge on any atom is -0.273 e. The Morgan fingerprint density at radius 2 is 1.75 bits per heavy atom. The molecule has 1 aromatic heterocycles. The number of aromatic nitrogens is 1. The first-order valence-electron chi connectivity index (χ1n) is 5.89. The van der Waals surface area contributed by atoms with Crippen molar-refractivity contribution in [3.8, 4) is 0 Å². The van der Waals surface area contributed by atoms with Gasteiger partial charge in [0.25, 0.3) is 5.91 Å². The van der Waals surface area contributed by atoms with E-state index in [2.05, 4.69) is 15.8 Å². The largest absolute Gasteiger partial charge is 0.273 e. The Morgan fingerprint density at radius 3 is 2.45 bits per heavy atom. The molecule has 0 aliphatic rings. The lowest BCUT2D eigenvalue weighted by atomic mass is 10.1. The number of carbonyl (C=O) groups is 2. The maximum Gasteiger partial charge on any atom is 0.269 e. The summed E-state index contributed by atoms with van der Waals surface area (Å²) in [6, 6.07) is 10.1. The third kappa shape index (κ3) is 3.80. The van der Waals surface area contributed by atoms with Gasteiger partial charge in [-0.3, -0.25) is 25.4 Å². The number of hydrogen-bond acceptors (Lipinski definition) is 3. The number of hydrogen-bond donors (Lipinski definition) is 2. The molecular formula is C14H12ClN3O2. The van der Waals surface area contributed by atoms with Crippen LogP contribution in [-0.4, -0.2) is 16.8 Å². The number of benzene rings is 1. The highest BCUT2D eigenvalue weighted by Gasteiger charge is 2.09. The van der Waals surface area contributed by atoms with Crippen LogP contribution < -0.4 is 10.9 Å². The maximum absolute atomic E-state index is 11.7. The quantitative estimate of drug-likeness (QED) is 0.846. The molecule has 0 aliphatic carbocycles. The van der Waals surface area contributed by atoms with Gasteiger partial charge < -0.3 is 0 Å². The number of hydrazine groups is 1. The average Bonchev–Trinajstić information content (AvgIpc) is 2.48. The van der Waals surface area contributed by atoms with Crippen molar-refractivity contribution in [2.75, 3.05) is 0 Å². The first-order chi connectivity index (χ1) is 9.66. The first-order valence-corrected chi connectivity index (χ1v) is 6.27. The highest BCUT2D eigenvalue weighted by atomic mass is 35.5. The smallest absolute Gasteiger partial charge is 0.269 e. The number of halogens is 1. The lowest BCUT2D eigenvalue weighted by Crippen LogP contribution is -2.42. The van der Waals surface area contributed by atoms with Crippen LogP contribution in [0.2, 0.25) is 5.02 Å². The van der Waals surface area contributed by atoms with Crippen molar-refractivity contribution in [3.05, 3.63) is 64.9 Å². The second kappa shape index (κ2) is 6.68. The summed E-state index contributed by atoms with van der Waals surface area (Å²) in [5.41, 5.74) is 5.78. The number of nitrogens with one attached hydrogen (secondary N) is 2. The first kappa shape index (κ1) is 14.0. The molecule has 0 saturated carbocycles. The highest BCUT2D eigenvalue weighted by Crippen LogP contribution is 2.14. The molecular weight excluding hydrogens is 278 g/mol. The van der Waals surface area contributed by atoms with Gasteiger partial charge in [-0.15, -0.1) is 0 Å². The number of rotatable bonds is 3. The van der Waals surface area contributed by atoms with Crippen LogP contribution in [0, 0.1) is 0 Å². The molecule has 102 valence electrons. The molecule has 0 unspecified atom stereocenters. The van der Waals surface area contributed by atoms with E-state index in [-0.39, 0.29) is 12.3 Å². The molecule has 0 spiro atoms. The molecule has 1 heterocycles. The van der Waals surface area contributed by atoms with Crippen molar-refractivity contribution in [1.29, 1.82) is 0 Å². The molecule has 2 rings (SSSR count). The molecule has 0 fully saturated rings. The topological polar surface area (TPSA) is 71.1 Å². The minimum absolute atomic E-state index is 0.0936. The molecule has 2 N–H and O–H groups in total. The Balaban J connectivity index is 1.87. The monoisotopic (exact) mass is 289 g/mol. The van der Waals surface area contributed by atoms with Crippen LogP contribution in [0.15, 0.2) is 48.8 Å². The Morgan fingerprint density at radius 1 is 1.05 bits per heavy atom. The summed E-state index contributed by atoms with van der Waals surface area (Å²) < 4.78 is 0. The van der Waals surface area contributed by atoms with Gasteiger partial charge in [-0.2, -0.15) is 0 Å². The maximum atomic E-state index is 11.7. The summed E-state index contributed by atoms with van der Waals surface area (Å²) in [6.45, 7) is 0. The molecule has 1 aromatic carbocycles. The molecule has 5 nitrogen and oxygen atoms in total. The predicted octanol–water partition coefficient (Wildman–Crippen LogP) is 1.74. The summed E-state index contributed by atoms with van der Waals surface area (Å²) in [5, 5.41) is 0.517. The van der Waals surface area contributed by atoms with Gasteiger partial charge in [-0.25, -0.2) is 0 Å². The molecule has 2 aromatic rings. The normalized spacial score (nSPS) is 9.85. The van der Waals surface area contributed by atoms with Gasteiger partial charge >= 0.3 is 0 Å². The minimum atomic E-state index is -0.403. The van der Waals surface area contributed by atoms with Crippen LogP contribution in [0.1, 0.15) is 15.9 Å². The molecule has 0 saturated heterocycles. The Kier molecular flexibility index (Phi) is 4.68. The average molecular weight is 290 g/mol. The van der Waals surface area contributed by atoms with Crippen LogP contribution >= 0.6 is 11.6 Å². The number of amides is 2. The van der Waals surface area contributed by atoms with Crippen molar-refractivity contribution >= 4 is 23.4 Å². The lowest BCUT2D eigenvalue weighted by molar-refractivity contribution is -0.121. The van der Waals surface area contributed by atoms with Gasteiger partial charge in [-0.05, 0) is 23.8 Å². The molecule has 0 radical (unpaired) electrons. The van der Waals surface area contributed by atoms with E-state index in [1.54, 1.807) is 36.4 Å². The second-order valence-corrected chi connectivity index (χ2v) is 4.41. The number of nitrogens with zero attached hydrogens (tertiary/aromatic N) is 1. The van der Waals surface area contributed by atoms with Gasteiger partial charge in [0, 0.05) is 23.0 Å². The van der Waals surface area contributed by atoms with E-state index >= 15 is 0 Å². The van der Waals surface area contributed by atoms with Crippen LogP contribution in [0.25, 0.3) is 0 Å². The van der Waals surface area contributed by atoms with Crippen LogP contribution in [-0.2, 0) is 11.2 Å². The van der Waals surface area contributed by atoms with Crippen molar-refractivity contribution in [1.82, 2.24) is 15.8 Å². The van der Waals surface area contributed by atoms with E-state index < -0.39 is 5.91 Å². The summed E-state index contributed by atoms with van der Waals surface area (Å²) in [5.74, 6) is -0.750. The van der Waals surface area contributed by atoms with E-state index in [1.807, 2.05) is 0 Å². The van der Waals surface area contributed by atoms with Crippen molar-refractivity contribution in [2.45, 2.75) is 6.42 Å². The van der Waals surface area contributed by atoms with Gasteiger partial charge in [0.15, 0.2) is 0 Å². The predicted molar refractivity (Wildman–Crippen MR) is 75.0 cm³/mol. The van der Waals surface area contributed by atoms with Crippen LogP contribution in [0.5, 0.6) is 0 Å². The fraction of sp³-hybridized carbons (Fsp3) is 0.0714. The Labute approximate surface area is 120 Å². The van der Waals surface area contributed by atoms with Gasteiger partial charge in [0.05, 0.1) is 6.42 Å². The zero-order chi connectivity index (χ0) is 14.4. The molecule has 20 heavy (non-hydrogen) atoms. The van der Waals surface area contributed by atoms with E-state index in [0.29, 0.717) is 16.1 Å². The van der Waals surface area contributed by atoms with Crippen molar-refractivity contribution < 1.29 is 9.59 Å². The number of carbonyl (C=O) groups excluding carboxylic acids is 2. The lowest BCUT2D eigenvalue weighted by Gasteiger charge is -2.08. The summed E-state index contributed by atoms with van der Waals surface area (Å²) >= 11 is 5.95. The third-order valence-electron chi connectivity index (χ3n) is 2.57. The SMILES string of the molecule is O=C(Cc1ccccc1Cl)NNC(=O)c1ccncc1. The molecule has 6 heteroatoms. The zero-order valence-electron chi connectivity index (χ0n) is 10.5. The fourth-order valence-electron chi connectivity index (χ4n) is 1.56. The summed E-state index contributed by atoms with van der Waals surface area (Å²) in [6.07, 6.45) is 3.09. The standard InChI is InChI=1S/C14H12ClN3O2/c15-12-4-2-1-3-11(12)9-13(19)17-18-14(20)10-5-7-16-8-6-10/h1-8H,9H2,(H,17,19)(H,18,20). The summed E-state index contributed by atoms with van der Waals surface area (Å²) in [4.78, 5) is 27.2. The van der Waals surface area contributed by atoms with Crippen LogP contribution in [0.3, 0.4) is 0 Å².